The summed E-state index contributed by atoms with van der Waals surface area (Å²) >= 11 is 0. The first-order chi connectivity index (χ1) is 8.20. The van der Waals surface area contributed by atoms with Crippen molar-refractivity contribution in [3.8, 4) is 0 Å². The van der Waals surface area contributed by atoms with Gasteiger partial charge >= 0.3 is 0 Å². The van der Waals surface area contributed by atoms with Crippen LogP contribution in [0.25, 0.3) is 0 Å². The summed E-state index contributed by atoms with van der Waals surface area (Å²) in [6.07, 6.45) is 6.15. The molecule has 0 aromatic heterocycles. The van der Waals surface area contributed by atoms with E-state index in [0.717, 1.165) is 45.2 Å². The van der Waals surface area contributed by atoms with Crippen molar-refractivity contribution in [2.45, 2.75) is 38.1 Å². The second-order valence-electron chi connectivity index (χ2n) is 4.95. The van der Waals surface area contributed by atoms with E-state index in [9.17, 15) is 9.59 Å². The summed E-state index contributed by atoms with van der Waals surface area (Å²) in [6.45, 7) is 5.26. The fraction of sp³-hybridized carbons (Fsp3) is 0.692. The van der Waals surface area contributed by atoms with Gasteiger partial charge in [-0.2, -0.15) is 0 Å². The molecule has 4 heteroatoms. The first-order valence-corrected chi connectivity index (χ1v) is 6.42. The molecule has 0 aromatic rings. The Labute approximate surface area is 102 Å². The first kappa shape index (κ1) is 12.1. The maximum absolute atomic E-state index is 12.1. The minimum Gasteiger partial charge on any atom is -0.350 e. The molecule has 1 aliphatic heterocycles. The van der Waals surface area contributed by atoms with Crippen molar-refractivity contribution in [1.29, 1.82) is 0 Å². The fourth-order valence-electron chi connectivity index (χ4n) is 2.79. The number of carbonyl (C=O) groups excluding carboxylic acids is 2. The molecular weight excluding hydrogens is 216 g/mol. The van der Waals surface area contributed by atoms with Crippen LogP contribution in [-0.2, 0) is 9.59 Å². The van der Waals surface area contributed by atoms with E-state index in [4.69, 9.17) is 0 Å². The molecular formula is C13H20N2O2. The van der Waals surface area contributed by atoms with Gasteiger partial charge in [-0.3, -0.25) is 9.59 Å². The minimum atomic E-state index is -0.135. The van der Waals surface area contributed by atoms with Crippen LogP contribution in [0.3, 0.4) is 0 Å². The minimum absolute atomic E-state index is 0.114. The number of carbonyl (C=O) groups is 2. The second kappa shape index (κ2) is 5.34. The molecule has 2 fully saturated rings. The summed E-state index contributed by atoms with van der Waals surface area (Å²) in [4.78, 5) is 25.3. The number of amides is 2. The van der Waals surface area contributed by atoms with Crippen molar-refractivity contribution >= 4 is 11.8 Å². The van der Waals surface area contributed by atoms with E-state index in [0.29, 0.717) is 0 Å². The van der Waals surface area contributed by atoms with Gasteiger partial charge in [0.05, 0.1) is 0 Å². The summed E-state index contributed by atoms with van der Waals surface area (Å²) in [6, 6.07) is 0.150. The van der Waals surface area contributed by atoms with E-state index in [1.54, 1.807) is 0 Å². The molecule has 94 valence electrons. The molecule has 2 atom stereocenters. The van der Waals surface area contributed by atoms with Crippen molar-refractivity contribution < 1.29 is 9.59 Å². The monoisotopic (exact) mass is 236 g/mol. The van der Waals surface area contributed by atoms with Crippen molar-refractivity contribution in [3.05, 3.63) is 12.7 Å². The third-order valence-electron chi connectivity index (χ3n) is 3.73. The molecule has 1 heterocycles. The Hall–Kier alpha value is -1.32. The first-order valence-electron chi connectivity index (χ1n) is 6.42. The highest BCUT2D eigenvalue weighted by Gasteiger charge is 2.33. The highest BCUT2D eigenvalue weighted by atomic mass is 16.2. The lowest BCUT2D eigenvalue weighted by atomic mass is 10.1. The molecule has 1 N–H and O–H groups in total. The Kier molecular flexibility index (Phi) is 3.82. The standard InChI is InChI=1S/C13H20N2O2/c1-2-12(16)14-11-6-5-10(9-11)13(17)15-7-3-4-8-15/h2,10-11H,1,3-9H2,(H,14,16)/t10-,11+/m0/s1. The molecule has 0 radical (unpaired) electrons. The fourth-order valence-corrected chi connectivity index (χ4v) is 2.79. The van der Waals surface area contributed by atoms with Crippen LogP contribution in [0.4, 0.5) is 0 Å². The Balaban J connectivity index is 1.82. The number of nitrogens with one attached hydrogen (secondary N) is 1. The summed E-state index contributed by atoms with van der Waals surface area (Å²) in [7, 11) is 0. The van der Waals surface area contributed by atoms with Gasteiger partial charge in [-0.05, 0) is 38.2 Å². The van der Waals surface area contributed by atoms with E-state index in [1.165, 1.54) is 6.08 Å². The lowest BCUT2D eigenvalue weighted by molar-refractivity contribution is -0.134. The van der Waals surface area contributed by atoms with Crippen molar-refractivity contribution in [3.63, 3.8) is 0 Å². The Morgan fingerprint density at radius 1 is 1.24 bits per heavy atom. The smallest absolute Gasteiger partial charge is 0.243 e. The zero-order valence-corrected chi connectivity index (χ0v) is 10.2. The normalized spacial score (nSPS) is 28.1. The van der Waals surface area contributed by atoms with Gasteiger partial charge in [0.1, 0.15) is 0 Å². The molecule has 0 unspecified atom stereocenters. The summed E-state index contributed by atoms with van der Waals surface area (Å²) in [5.41, 5.74) is 0. The topological polar surface area (TPSA) is 49.4 Å². The third-order valence-corrected chi connectivity index (χ3v) is 3.73. The summed E-state index contributed by atoms with van der Waals surface area (Å²) < 4.78 is 0. The number of hydrogen-bond acceptors (Lipinski definition) is 2. The predicted octanol–water partition coefficient (Wildman–Crippen LogP) is 1.08. The van der Waals surface area contributed by atoms with E-state index in [-0.39, 0.29) is 23.8 Å². The maximum atomic E-state index is 12.1. The van der Waals surface area contributed by atoms with E-state index in [1.807, 2.05) is 4.90 Å². The van der Waals surface area contributed by atoms with Gasteiger partial charge in [-0.25, -0.2) is 0 Å². The average Bonchev–Trinajstić information content (AvgIpc) is 2.98. The number of nitrogens with zero attached hydrogens (tertiary/aromatic N) is 1. The average molecular weight is 236 g/mol. The lowest BCUT2D eigenvalue weighted by Gasteiger charge is -2.20. The SMILES string of the molecule is C=CC(=O)N[C@@H]1CC[C@H](C(=O)N2CCCC2)C1. The molecule has 2 rings (SSSR count). The Morgan fingerprint density at radius 3 is 2.59 bits per heavy atom. The molecule has 1 aliphatic carbocycles. The van der Waals surface area contributed by atoms with Crippen molar-refractivity contribution in [2.24, 2.45) is 5.92 Å². The van der Waals surface area contributed by atoms with Crippen LogP contribution < -0.4 is 5.32 Å². The van der Waals surface area contributed by atoms with Crippen LogP contribution >= 0.6 is 0 Å². The molecule has 4 nitrogen and oxygen atoms in total. The van der Waals surface area contributed by atoms with Crippen LogP contribution in [0.5, 0.6) is 0 Å². The molecule has 2 aliphatic rings. The molecule has 1 saturated carbocycles. The zero-order chi connectivity index (χ0) is 12.3. The molecule has 0 aromatic carbocycles. The molecule has 1 saturated heterocycles. The van der Waals surface area contributed by atoms with Gasteiger partial charge in [-0.1, -0.05) is 6.58 Å². The Bertz CT molecular complexity index is 321. The molecule has 17 heavy (non-hydrogen) atoms. The van der Waals surface area contributed by atoms with Crippen LogP contribution in [0.15, 0.2) is 12.7 Å². The zero-order valence-electron chi connectivity index (χ0n) is 10.2. The largest absolute Gasteiger partial charge is 0.350 e. The second-order valence-corrected chi connectivity index (χ2v) is 4.95. The van der Waals surface area contributed by atoms with Gasteiger partial charge in [0.2, 0.25) is 11.8 Å². The van der Waals surface area contributed by atoms with Crippen LogP contribution in [0.2, 0.25) is 0 Å². The quantitative estimate of drug-likeness (QED) is 0.745. The molecule has 0 bridgehead atoms. The van der Waals surface area contributed by atoms with Gasteiger partial charge in [0.15, 0.2) is 0 Å². The van der Waals surface area contributed by atoms with E-state index >= 15 is 0 Å². The van der Waals surface area contributed by atoms with Gasteiger partial charge in [0, 0.05) is 25.0 Å². The molecule has 0 spiro atoms. The third kappa shape index (κ3) is 2.87. The number of likely N-dealkylation sites (tertiary alicyclic amines) is 1. The van der Waals surface area contributed by atoms with Crippen molar-refractivity contribution in [1.82, 2.24) is 10.2 Å². The summed E-state index contributed by atoms with van der Waals surface area (Å²) in [5.74, 6) is 0.269. The number of hydrogen-bond donors (Lipinski definition) is 1. The summed E-state index contributed by atoms with van der Waals surface area (Å²) in [5, 5.41) is 2.88. The highest BCUT2D eigenvalue weighted by molar-refractivity contribution is 5.87. The van der Waals surface area contributed by atoms with Crippen LogP contribution in [0.1, 0.15) is 32.1 Å². The highest BCUT2D eigenvalue weighted by Crippen LogP contribution is 2.28. The van der Waals surface area contributed by atoms with Gasteiger partial charge in [-0.15, -0.1) is 0 Å². The van der Waals surface area contributed by atoms with E-state index < -0.39 is 0 Å². The predicted molar refractivity (Wildman–Crippen MR) is 65.3 cm³/mol. The number of rotatable bonds is 3. The van der Waals surface area contributed by atoms with Gasteiger partial charge < -0.3 is 10.2 Å². The Morgan fingerprint density at radius 2 is 1.94 bits per heavy atom. The van der Waals surface area contributed by atoms with Crippen LogP contribution in [-0.4, -0.2) is 35.8 Å². The van der Waals surface area contributed by atoms with Crippen LogP contribution in [0, 0.1) is 5.92 Å². The van der Waals surface area contributed by atoms with Gasteiger partial charge in [0.25, 0.3) is 0 Å². The lowest BCUT2D eigenvalue weighted by Crippen LogP contribution is -2.35. The van der Waals surface area contributed by atoms with E-state index in [2.05, 4.69) is 11.9 Å². The molecule has 2 amide bonds. The van der Waals surface area contributed by atoms with Crippen molar-refractivity contribution in [2.75, 3.05) is 13.1 Å². The maximum Gasteiger partial charge on any atom is 0.243 e.